The number of allylic oxidation sites excluding steroid dienone is 2. The van der Waals surface area contributed by atoms with Crippen LogP contribution in [0, 0.1) is 19.8 Å². The third-order valence-corrected chi connectivity index (χ3v) is 5.45. The summed E-state index contributed by atoms with van der Waals surface area (Å²) in [6, 6.07) is 5.21. The van der Waals surface area contributed by atoms with E-state index in [4.69, 9.17) is 0 Å². The van der Waals surface area contributed by atoms with Gasteiger partial charge in [-0.3, -0.25) is 0 Å². The molecule has 3 unspecified atom stereocenters. The summed E-state index contributed by atoms with van der Waals surface area (Å²) >= 11 is 3.65. The van der Waals surface area contributed by atoms with Crippen LogP contribution in [0.3, 0.4) is 0 Å². The molecule has 3 atom stereocenters. The Morgan fingerprint density at radius 2 is 2.00 bits per heavy atom. The van der Waals surface area contributed by atoms with Gasteiger partial charge in [-0.25, -0.2) is 0 Å². The van der Waals surface area contributed by atoms with Gasteiger partial charge in [-0.05, 0) is 57.2 Å². The summed E-state index contributed by atoms with van der Waals surface area (Å²) in [5.74, 6) is 0.678. The monoisotopic (exact) mass is 362 g/mol. The van der Waals surface area contributed by atoms with E-state index < -0.39 is 0 Å². The van der Waals surface area contributed by atoms with Crippen LogP contribution in [-0.2, 0) is 0 Å². The molecule has 1 aliphatic carbocycles. The van der Waals surface area contributed by atoms with Crippen LogP contribution >= 0.6 is 15.9 Å². The third-order valence-electron chi connectivity index (χ3n) is 4.59. The quantitative estimate of drug-likeness (QED) is 0.776. The molecule has 1 aliphatic rings. The smallest absolute Gasteiger partial charge is 0.0485 e. The maximum atomic E-state index is 3.98. The number of nitrogens with one attached hydrogen (secondary N) is 2. The Kier molecular flexibility index (Phi) is 5.38. The van der Waals surface area contributed by atoms with Gasteiger partial charge in [0.05, 0.1) is 0 Å². The first kappa shape index (κ1) is 17.1. The first-order valence-corrected chi connectivity index (χ1v) is 8.75. The van der Waals surface area contributed by atoms with Crippen LogP contribution in [-0.4, -0.2) is 12.1 Å². The van der Waals surface area contributed by atoms with Crippen molar-refractivity contribution in [3.63, 3.8) is 0 Å². The summed E-state index contributed by atoms with van der Waals surface area (Å²) in [7, 11) is 0. The average molecular weight is 363 g/mol. The van der Waals surface area contributed by atoms with Gasteiger partial charge in [-0.2, -0.15) is 0 Å². The van der Waals surface area contributed by atoms with Crippen molar-refractivity contribution in [2.45, 2.75) is 53.1 Å². The van der Waals surface area contributed by atoms with Crippen molar-refractivity contribution >= 4 is 21.6 Å². The van der Waals surface area contributed by atoms with Crippen molar-refractivity contribution in [1.82, 2.24) is 10.6 Å². The first-order valence-electron chi connectivity index (χ1n) is 7.96. The summed E-state index contributed by atoms with van der Waals surface area (Å²) < 4.78 is 1.16. The predicted molar refractivity (Wildman–Crippen MR) is 99.7 cm³/mol. The van der Waals surface area contributed by atoms with Gasteiger partial charge in [0.2, 0.25) is 0 Å². The lowest BCUT2D eigenvalue weighted by molar-refractivity contribution is 0.181. The summed E-state index contributed by atoms with van der Waals surface area (Å²) in [5, 5.41) is 7.26. The molecule has 0 heterocycles. The van der Waals surface area contributed by atoms with Crippen molar-refractivity contribution in [2.75, 3.05) is 0 Å². The molecule has 0 radical (unpaired) electrons. The molecule has 22 heavy (non-hydrogen) atoms. The Hall–Kier alpha value is -1.22. The summed E-state index contributed by atoms with van der Waals surface area (Å²) in [4.78, 5) is 0. The van der Waals surface area contributed by atoms with Gasteiger partial charge < -0.3 is 10.6 Å². The van der Waals surface area contributed by atoms with E-state index in [1.807, 2.05) is 6.92 Å². The molecule has 1 aromatic rings. The molecule has 0 aromatic heterocycles. The molecule has 120 valence electrons. The molecule has 2 nitrogen and oxygen atoms in total. The van der Waals surface area contributed by atoms with E-state index in [1.165, 1.54) is 28.8 Å². The average Bonchev–Trinajstić information content (AvgIpc) is 2.47. The van der Waals surface area contributed by atoms with E-state index in [-0.39, 0.29) is 0 Å². The highest BCUT2D eigenvalue weighted by Gasteiger charge is 2.38. The van der Waals surface area contributed by atoms with Crippen LogP contribution in [0.1, 0.15) is 43.9 Å². The second-order valence-corrected chi connectivity index (χ2v) is 7.34. The van der Waals surface area contributed by atoms with Crippen LogP contribution < -0.4 is 10.6 Å². The van der Waals surface area contributed by atoms with E-state index in [0.29, 0.717) is 18.0 Å². The number of rotatable bonds is 5. The van der Waals surface area contributed by atoms with Crippen LogP contribution in [0.15, 0.2) is 35.0 Å². The second kappa shape index (κ2) is 6.91. The molecule has 0 spiro atoms. The van der Waals surface area contributed by atoms with Crippen molar-refractivity contribution < 1.29 is 0 Å². The molecule has 2 rings (SSSR count). The van der Waals surface area contributed by atoms with Crippen LogP contribution in [0.5, 0.6) is 0 Å². The van der Waals surface area contributed by atoms with E-state index in [9.17, 15) is 0 Å². The Morgan fingerprint density at radius 3 is 2.55 bits per heavy atom. The van der Waals surface area contributed by atoms with E-state index in [1.54, 1.807) is 0 Å². The van der Waals surface area contributed by atoms with Gasteiger partial charge in [0.15, 0.2) is 0 Å². The number of halogens is 1. The minimum Gasteiger partial charge on any atom is -0.384 e. The molecule has 1 aromatic carbocycles. The molecule has 0 amide bonds. The zero-order chi connectivity index (χ0) is 16.4. The maximum absolute atomic E-state index is 3.98. The lowest BCUT2D eigenvalue weighted by Crippen LogP contribution is -2.59. The van der Waals surface area contributed by atoms with Crippen molar-refractivity contribution in [1.29, 1.82) is 0 Å². The van der Waals surface area contributed by atoms with Crippen molar-refractivity contribution in [3.05, 3.63) is 51.6 Å². The molecule has 0 saturated heterocycles. The minimum absolute atomic E-state index is 0.454. The zero-order valence-electron chi connectivity index (χ0n) is 14.3. The fraction of sp³-hybridized carbons (Fsp3) is 0.474. The van der Waals surface area contributed by atoms with Gasteiger partial charge in [0, 0.05) is 33.5 Å². The standard InChI is InChI=1S/C19H27BrN2/c1-7-16(18-12(4)8-9-15(20)14(18)6)22-17-10-13(5)19(17)21-11(2)3/h7-9,13,17,19,21-22H,2,10H2,1,3-6H3/b16-7+. The highest BCUT2D eigenvalue weighted by atomic mass is 79.9. The summed E-state index contributed by atoms with van der Waals surface area (Å²) in [6.07, 6.45) is 3.37. The fourth-order valence-corrected chi connectivity index (χ4v) is 3.64. The Balaban J connectivity index is 2.21. The van der Waals surface area contributed by atoms with E-state index >= 15 is 0 Å². The largest absolute Gasteiger partial charge is 0.384 e. The number of hydrogen-bond donors (Lipinski definition) is 2. The first-order chi connectivity index (χ1) is 10.3. The minimum atomic E-state index is 0.454. The fourth-order valence-electron chi connectivity index (χ4n) is 3.31. The molecule has 1 saturated carbocycles. The van der Waals surface area contributed by atoms with Gasteiger partial charge in [0.1, 0.15) is 0 Å². The lowest BCUT2D eigenvalue weighted by Gasteiger charge is -2.45. The van der Waals surface area contributed by atoms with Crippen LogP contribution in [0.2, 0.25) is 0 Å². The second-order valence-electron chi connectivity index (χ2n) is 6.48. The molecular formula is C19H27BrN2. The lowest BCUT2D eigenvalue weighted by atomic mass is 9.75. The Morgan fingerprint density at radius 1 is 1.32 bits per heavy atom. The molecule has 0 bridgehead atoms. The van der Waals surface area contributed by atoms with Gasteiger partial charge in [-0.1, -0.05) is 41.6 Å². The highest BCUT2D eigenvalue weighted by Crippen LogP contribution is 2.33. The van der Waals surface area contributed by atoms with Gasteiger partial charge in [0.25, 0.3) is 0 Å². The van der Waals surface area contributed by atoms with Crippen LogP contribution in [0.25, 0.3) is 5.70 Å². The number of aryl methyl sites for hydroxylation is 1. The Bertz CT molecular complexity index is 604. The molecule has 1 fully saturated rings. The normalized spacial score (nSPS) is 24.6. The Labute approximate surface area is 143 Å². The third kappa shape index (κ3) is 3.40. The summed E-state index contributed by atoms with van der Waals surface area (Å²) in [5.41, 5.74) is 6.17. The number of hydrogen-bond acceptors (Lipinski definition) is 2. The van der Waals surface area contributed by atoms with Crippen molar-refractivity contribution in [2.24, 2.45) is 5.92 Å². The predicted octanol–water partition coefficient (Wildman–Crippen LogP) is 4.92. The summed E-state index contributed by atoms with van der Waals surface area (Å²) in [6.45, 7) is 14.8. The van der Waals surface area contributed by atoms with Crippen molar-refractivity contribution in [3.8, 4) is 0 Å². The van der Waals surface area contributed by atoms with Crippen LogP contribution in [0.4, 0.5) is 0 Å². The molecular weight excluding hydrogens is 336 g/mol. The topological polar surface area (TPSA) is 24.1 Å². The van der Waals surface area contributed by atoms with Gasteiger partial charge >= 0.3 is 0 Å². The SMILES string of the molecule is C=C(C)NC1C(C)CC1N/C(=C/C)c1c(C)ccc(Br)c1C. The highest BCUT2D eigenvalue weighted by molar-refractivity contribution is 9.10. The zero-order valence-corrected chi connectivity index (χ0v) is 15.8. The van der Waals surface area contributed by atoms with Gasteiger partial charge in [-0.15, -0.1) is 0 Å². The molecule has 2 N–H and O–H groups in total. The molecule has 3 heteroatoms. The number of benzene rings is 1. The van der Waals surface area contributed by atoms with E-state index in [2.05, 4.69) is 79.0 Å². The van der Waals surface area contributed by atoms with E-state index in [0.717, 1.165) is 10.2 Å². The maximum Gasteiger partial charge on any atom is 0.0485 e. The molecule has 0 aliphatic heterocycles.